The van der Waals surface area contributed by atoms with Crippen LogP contribution >= 0.6 is 0 Å². The summed E-state index contributed by atoms with van der Waals surface area (Å²) in [7, 11) is 0. The Morgan fingerprint density at radius 3 is 2.64 bits per heavy atom. The Labute approximate surface area is 152 Å². The largest absolute Gasteiger partial charge is 0.457 e. The van der Waals surface area contributed by atoms with E-state index in [1.807, 2.05) is 0 Å². The predicted octanol–water partition coefficient (Wildman–Crippen LogP) is 4.49. The highest BCUT2D eigenvalue weighted by molar-refractivity contribution is 5.67. The first-order chi connectivity index (χ1) is 11.6. The summed E-state index contributed by atoms with van der Waals surface area (Å²) in [5, 5.41) is 11.2. The molecule has 4 aliphatic rings. The van der Waals surface area contributed by atoms with E-state index in [-0.39, 0.29) is 34.9 Å². The number of aliphatic hydroxyl groups is 1. The number of ether oxygens (including phenoxy) is 1. The van der Waals surface area contributed by atoms with Gasteiger partial charge in [-0.25, -0.2) is 0 Å². The molecule has 4 saturated carbocycles. The van der Waals surface area contributed by atoms with Crippen LogP contribution in [0.4, 0.5) is 0 Å². The van der Waals surface area contributed by atoms with E-state index in [0.717, 1.165) is 24.8 Å². The van der Waals surface area contributed by atoms with Crippen LogP contribution in [0, 0.1) is 34.0 Å². The molecule has 140 valence electrons. The lowest BCUT2D eigenvalue weighted by atomic mass is 9.40. The normalized spacial score (nSPS) is 50.8. The maximum Gasteiger partial charge on any atom is 0.303 e. The number of esters is 1. The zero-order valence-electron chi connectivity index (χ0n) is 16.3. The topological polar surface area (TPSA) is 46.5 Å². The van der Waals surface area contributed by atoms with Gasteiger partial charge in [0.2, 0.25) is 0 Å². The Bertz CT molecular complexity index is 608. The second-order valence-electron chi connectivity index (χ2n) is 10.4. The Morgan fingerprint density at radius 2 is 1.96 bits per heavy atom. The van der Waals surface area contributed by atoms with Crippen LogP contribution in [0.25, 0.3) is 0 Å². The van der Waals surface area contributed by atoms with Gasteiger partial charge in [-0.3, -0.25) is 4.79 Å². The van der Waals surface area contributed by atoms with Crippen molar-refractivity contribution in [2.75, 3.05) is 0 Å². The van der Waals surface area contributed by atoms with E-state index in [1.54, 1.807) is 0 Å². The van der Waals surface area contributed by atoms with E-state index in [4.69, 9.17) is 4.74 Å². The van der Waals surface area contributed by atoms with E-state index in [2.05, 4.69) is 27.4 Å². The minimum absolute atomic E-state index is 0.0935. The van der Waals surface area contributed by atoms with Crippen molar-refractivity contribution in [3.63, 3.8) is 0 Å². The molecule has 0 aliphatic heterocycles. The first-order valence-corrected chi connectivity index (χ1v) is 10.2. The van der Waals surface area contributed by atoms with Gasteiger partial charge in [-0.1, -0.05) is 33.8 Å². The molecule has 25 heavy (non-hydrogen) atoms. The van der Waals surface area contributed by atoms with Crippen molar-refractivity contribution in [3.8, 4) is 0 Å². The van der Waals surface area contributed by atoms with Crippen LogP contribution in [-0.2, 0) is 9.53 Å². The molecule has 0 aromatic rings. The molecule has 4 aliphatic carbocycles. The fourth-order valence-electron chi connectivity index (χ4n) is 8.13. The van der Waals surface area contributed by atoms with Gasteiger partial charge in [0.25, 0.3) is 0 Å². The monoisotopic (exact) mass is 346 g/mol. The van der Waals surface area contributed by atoms with Crippen LogP contribution in [0.1, 0.15) is 72.6 Å². The summed E-state index contributed by atoms with van der Waals surface area (Å²) in [5.74, 6) is 0.963. The molecule has 3 heteroatoms. The maximum absolute atomic E-state index is 11.8. The van der Waals surface area contributed by atoms with Gasteiger partial charge in [0.15, 0.2) is 0 Å². The minimum atomic E-state index is -0.294. The summed E-state index contributed by atoms with van der Waals surface area (Å²) in [6, 6.07) is 0. The SMILES string of the molecule is C=C1C2CC(O)C3C4(C)CCCC(C)(C)C4CCC3(C2)C1OC(C)=O. The number of hydrogen-bond donors (Lipinski definition) is 1. The number of aliphatic hydroxyl groups excluding tert-OH is 1. The number of carbonyl (C=O) groups is 1. The average molecular weight is 347 g/mol. The average Bonchev–Trinajstić information content (AvgIpc) is 2.67. The lowest BCUT2D eigenvalue weighted by Crippen LogP contribution is -2.62. The molecule has 1 spiro atoms. The van der Waals surface area contributed by atoms with Crippen molar-refractivity contribution in [2.24, 2.45) is 34.0 Å². The van der Waals surface area contributed by atoms with Gasteiger partial charge < -0.3 is 9.84 Å². The summed E-state index contributed by atoms with van der Waals surface area (Å²) in [6.45, 7) is 13.1. The zero-order valence-corrected chi connectivity index (χ0v) is 16.3. The molecule has 2 bridgehead atoms. The van der Waals surface area contributed by atoms with Gasteiger partial charge in [-0.15, -0.1) is 0 Å². The van der Waals surface area contributed by atoms with Gasteiger partial charge in [0, 0.05) is 12.3 Å². The van der Waals surface area contributed by atoms with Crippen molar-refractivity contribution < 1.29 is 14.6 Å². The van der Waals surface area contributed by atoms with E-state index >= 15 is 0 Å². The van der Waals surface area contributed by atoms with Crippen LogP contribution in [-0.4, -0.2) is 23.3 Å². The molecule has 3 nitrogen and oxygen atoms in total. The first kappa shape index (κ1) is 17.6. The highest BCUT2D eigenvalue weighted by atomic mass is 16.5. The summed E-state index contributed by atoms with van der Waals surface area (Å²) < 4.78 is 5.87. The molecule has 7 unspecified atom stereocenters. The molecule has 4 fully saturated rings. The number of fused-ring (bicyclic) bond motifs is 3. The highest BCUT2D eigenvalue weighted by Crippen LogP contribution is 2.72. The van der Waals surface area contributed by atoms with Crippen molar-refractivity contribution in [1.82, 2.24) is 0 Å². The molecule has 7 atom stereocenters. The molecule has 4 rings (SSSR count). The molecule has 1 N–H and O–H groups in total. The summed E-state index contributed by atoms with van der Waals surface area (Å²) in [6.07, 6.45) is 7.32. The zero-order chi connectivity index (χ0) is 18.2. The number of rotatable bonds is 1. The molecule has 0 saturated heterocycles. The standard InChI is InChI=1S/C22H34O3/c1-13-15-11-16(24)18-21(5)9-6-8-20(3,4)17(21)7-10-22(18,12-15)19(13)25-14(2)23/h15-19,24H,1,6-12H2,2-5H3. The lowest BCUT2D eigenvalue weighted by molar-refractivity contribution is -0.210. The maximum atomic E-state index is 11.8. The Balaban J connectivity index is 1.80. The molecular formula is C22H34O3. The Kier molecular flexibility index (Phi) is 3.76. The van der Waals surface area contributed by atoms with Gasteiger partial charge in [-0.2, -0.15) is 0 Å². The van der Waals surface area contributed by atoms with E-state index in [1.165, 1.54) is 32.6 Å². The quantitative estimate of drug-likeness (QED) is 0.562. The van der Waals surface area contributed by atoms with Crippen LogP contribution in [0.5, 0.6) is 0 Å². The third-order valence-corrected chi connectivity index (χ3v) is 8.71. The number of hydrogen-bond acceptors (Lipinski definition) is 3. The summed E-state index contributed by atoms with van der Waals surface area (Å²) in [5.41, 5.74) is 1.43. The Hall–Kier alpha value is -0.830. The predicted molar refractivity (Wildman–Crippen MR) is 97.8 cm³/mol. The lowest BCUT2D eigenvalue weighted by Gasteiger charge is -2.65. The van der Waals surface area contributed by atoms with E-state index in [9.17, 15) is 9.90 Å². The van der Waals surface area contributed by atoms with Gasteiger partial charge in [0.05, 0.1) is 6.10 Å². The molecule has 0 aromatic heterocycles. The Morgan fingerprint density at radius 1 is 1.24 bits per heavy atom. The summed E-state index contributed by atoms with van der Waals surface area (Å²) >= 11 is 0. The third kappa shape index (κ3) is 2.23. The van der Waals surface area contributed by atoms with Gasteiger partial charge in [0.1, 0.15) is 6.10 Å². The minimum Gasteiger partial charge on any atom is -0.457 e. The van der Waals surface area contributed by atoms with E-state index < -0.39 is 0 Å². The van der Waals surface area contributed by atoms with Crippen LogP contribution < -0.4 is 0 Å². The molecule has 0 heterocycles. The molecule has 0 aromatic carbocycles. The second kappa shape index (κ2) is 5.34. The van der Waals surface area contributed by atoms with Gasteiger partial charge in [-0.05, 0) is 72.7 Å². The molecule has 0 amide bonds. The summed E-state index contributed by atoms with van der Waals surface area (Å²) in [4.78, 5) is 11.8. The van der Waals surface area contributed by atoms with Gasteiger partial charge >= 0.3 is 5.97 Å². The number of carbonyl (C=O) groups excluding carboxylic acids is 1. The first-order valence-electron chi connectivity index (χ1n) is 10.2. The van der Waals surface area contributed by atoms with Crippen LogP contribution in [0.2, 0.25) is 0 Å². The van der Waals surface area contributed by atoms with Crippen molar-refractivity contribution in [1.29, 1.82) is 0 Å². The fraction of sp³-hybridized carbons (Fsp3) is 0.864. The molecule has 0 radical (unpaired) electrons. The van der Waals surface area contributed by atoms with Crippen molar-refractivity contribution >= 4 is 5.97 Å². The third-order valence-electron chi connectivity index (χ3n) is 8.71. The van der Waals surface area contributed by atoms with Crippen LogP contribution in [0.15, 0.2) is 12.2 Å². The second-order valence-corrected chi connectivity index (χ2v) is 10.4. The van der Waals surface area contributed by atoms with E-state index in [0.29, 0.717) is 17.3 Å². The molecular weight excluding hydrogens is 312 g/mol. The fourth-order valence-corrected chi connectivity index (χ4v) is 8.13. The highest BCUT2D eigenvalue weighted by Gasteiger charge is 2.69. The van der Waals surface area contributed by atoms with Crippen molar-refractivity contribution in [3.05, 3.63) is 12.2 Å². The smallest absolute Gasteiger partial charge is 0.303 e. The van der Waals surface area contributed by atoms with Crippen LogP contribution in [0.3, 0.4) is 0 Å². The van der Waals surface area contributed by atoms with Crippen molar-refractivity contribution in [2.45, 2.75) is 84.8 Å².